The number of pyridine rings is 1. The molecule has 1 fully saturated rings. The van der Waals surface area contributed by atoms with Crippen LogP contribution < -0.4 is 5.32 Å². The predicted octanol–water partition coefficient (Wildman–Crippen LogP) is 3.85. The Morgan fingerprint density at radius 1 is 1.67 bits per heavy atom. The molecule has 100 valence electrons. The molecule has 1 aromatic heterocycles. The van der Waals surface area contributed by atoms with Crippen molar-refractivity contribution in [2.75, 3.05) is 11.9 Å². The highest BCUT2D eigenvalue weighted by Gasteiger charge is 2.32. The number of nitrogens with zero attached hydrogens (tertiary/aromatic N) is 1. The maximum absolute atomic E-state index is 10.5. The number of anilines is 1. The molecule has 3 nitrogen and oxygen atoms in total. The molecule has 1 aliphatic rings. The Labute approximate surface area is 121 Å². The Bertz CT molecular complexity index is 429. The van der Waals surface area contributed by atoms with Crippen LogP contribution in [-0.4, -0.2) is 22.2 Å². The van der Waals surface area contributed by atoms with E-state index in [0.29, 0.717) is 17.5 Å². The third kappa shape index (κ3) is 3.59. The van der Waals surface area contributed by atoms with Crippen LogP contribution in [0, 0.1) is 5.92 Å². The van der Waals surface area contributed by atoms with Gasteiger partial charge in [-0.15, -0.1) is 0 Å². The highest BCUT2D eigenvalue weighted by molar-refractivity contribution is 9.10. The second kappa shape index (κ2) is 5.76. The van der Waals surface area contributed by atoms with Gasteiger partial charge < -0.3 is 10.4 Å². The average Bonchev–Trinajstić information content (AvgIpc) is 2.27. The lowest BCUT2D eigenvalue weighted by atomic mass is 9.79. The highest BCUT2D eigenvalue weighted by Crippen LogP contribution is 2.33. The molecular formula is C13H18BrClN2O. The van der Waals surface area contributed by atoms with Crippen LogP contribution in [-0.2, 0) is 0 Å². The van der Waals surface area contributed by atoms with E-state index in [4.69, 9.17) is 11.6 Å². The summed E-state index contributed by atoms with van der Waals surface area (Å²) >= 11 is 9.25. The van der Waals surface area contributed by atoms with Crippen molar-refractivity contribution in [2.24, 2.45) is 5.92 Å². The van der Waals surface area contributed by atoms with E-state index in [9.17, 15) is 5.11 Å². The number of aliphatic hydroxyl groups is 1. The molecule has 5 heteroatoms. The Balaban J connectivity index is 1.98. The van der Waals surface area contributed by atoms with E-state index in [2.05, 4.69) is 33.2 Å². The summed E-state index contributed by atoms with van der Waals surface area (Å²) in [6.45, 7) is 2.73. The van der Waals surface area contributed by atoms with E-state index in [0.717, 1.165) is 29.6 Å². The summed E-state index contributed by atoms with van der Waals surface area (Å²) in [5, 5.41) is 14.3. The summed E-state index contributed by atoms with van der Waals surface area (Å²) in [5.41, 5.74) is -0.613. The Hall–Kier alpha value is -0.320. The molecule has 1 aromatic rings. The van der Waals surface area contributed by atoms with Crippen LogP contribution in [0.2, 0.25) is 5.02 Å². The minimum Gasteiger partial charge on any atom is -0.388 e. The number of halogens is 2. The highest BCUT2D eigenvalue weighted by atomic mass is 79.9. The van der Waals surface area contributed by atoms with Crippen LogP contribution in [0.5, 0.6) is 0 Å². The molecule has 1 aliphatic carbocycles. The topological polar surface area (TPSA) is 45.1 Å². The summed E-state index contributed by atoms with van der Waals surface area (Å²) in [6.07, 6.45) is 5.61. The van der Waals surface area contributed by atoms with Gasteiger partial charge in [0.1, 0.15) is 5.82 Å². The third-order valence-electron chi connectivity index (χ3n) is 3.46. The van der Waals surface area contributed by atoms with Crippen LogP contribution in [0.3, 0.4) is 0 Å². The monoisotopic (exact) mass is 332 g/mol. The second-order valence-electron chi connectivity index (χ2n) is 5.26. The first-order valence-electron chi connectivity index (χ1n) is 6.26. The van der Waals surface area contributed by atoms with E-state index in [1.165, 1.54) is 6.42 Å². The third-order valence-corrected chi connectivity index (χ3v) is 4.27. The molecule has 0 saturated heterocycles. The van der Waals surface area contributed by atoms with Gasteiger partial charge in [0.05, 0.1) is 15.1 Å². The van der Waals surface area contributed by atoms with Crippen molar-refractivity contribution >= 4 is 33.3 Å². The van der Waals surface area contributed by atoms with E-state index < -0.39 is 5.60 Å². The molecule has 0 amide bonds. The van der Waals surface area contributed by atoms with Crippen molar-refractivity contribution in [3.8, 4) is 0 Å². The van der Waals surface area contributed by atoms with Gasteiger partial charge in [-0.2, -0.15) is 0 Å². The minimum absolute atomic E-state index is 0.532. The SMILES string of the molecule is CC1CCCC(O)(CNc2ncc(Cl)cc2Br)C1. The molecule has 0 aromatic carbocycles. The molecule has 0 aliphatic heterocycles. The Morgan fingerprint density at radius 2 is 2.44 bits per heavy atom. The average molecular weight is 334 g/mol. The van der Waals surface area contributed by atoms with Gasteiger partial charge in [0.25, 0.3) is 0 Å². The van der Waals surface area contributed by atoms with Crippen molar-refractivity contribution in [3.63, 3.8) is 0 Å². The van der Waals surface area contributed by atoms with Crippen molar-refractivity contribution in [2.45, 2.75) is 38.2 Å². The fourth-order valence-electron chi connectivity index (χ4n) is 2.59. The van der Waals surface area contributed by atoms with Gasteiger partial charge in [-0.05, 0) is 40.8 Å². The molecular weight excluding hydrogens is 316 g/mol. The fraction of sp³-hybridized carbons (Fsp3) is 0.615. The number of hydrogen-bond acceptors (Lipinski definition) is 3. The molecule has 2 N–H and O–H groups in total. The van der Waals surface area contributed by atoms with Gasteiger partial charge in [-0.1, -0.05) is 31.4 Å². The molecule has 0 radical (unpaired) electrons. The molecule has 2 unspecified atom stereocenters. The quantitative estimate of drug-likeness (QED) is 0.883. The molecule has 0 bridgehead atoms. The predicted molar refractivity (Wildman–Crippen MR) is 78.0 cm³/mol. The fourth-order valence-corrected chi connectivity index (χ4v) is 3.36. The first-order valence-corrected chi connectivity index (χ1v) is 7.43. The second-order valence-corrected chi connectivity index (χ2v) is 6.55. The van der Waals surface area contributed by atoms with Crippen LogP contribution in [0.15, 0.2) is 16.7 Å². The van der Waals surface area contributed by atoms with Crippen LogP contribution in [0.4, 0.5) is 5.82 Å². The van der Waals surface area contributed by atoms with Crippen molar-refractivity contribution in [3.05, 3.63) is 21.8 Å². The van der Waals surface area contributed by atoms with Gasteiger partial charge in [0, 0.05) is 12.7 Å². The lowest BCUT2D eigenvalue weighted by Crippen LogP contribution is -2.41. The normalized spacial score (nSPS) is 28.1. The number of rotatable bonds is 3. The number of hydrogen-bond donors (Lipinski definition) is 2. The van der Waals surface area contributed by atoms with E-state index in [-0.39, 0.29) is 0 Å². The minimum atomic E-state index is -0.613. The maximum Gasteiger partial charge on any atom is 0.140 e. The first-order chi connectivity index (χ1) is 8.48. The smallest absolute Gasteiger partial charge is 0.140 e. The Kier molecular flexibility index (Phi) is 4.51. The van der Waals surface area contributed by atoms with Crippen molar-refractivity contribution < 1.29 is 5.11 Å². The zero-order chi connectivity index (χ0) is 13.2. The van der Waals surface area contributed by atoms with Gasteiger partial charge in [-0.3, -0.25) is 0 Å². The molecule has 0 spiro atoms. The molecule has 1 saturated carbocycles. The van der Waals surface area contributed by atoms with Crippen LogP contribution >= 0.6 is 27.5 Å². The lowest BCUT2D eigenvalue weighted by molar-refractivity contribution is -0.000835. The zero-order valence-electron chi connectivity index (χ0n) is 10.4. The van der Waals surface area contributed by atoms with E-state index in [1.807, 2.05) is 0 Å². The van der Waals surface area contributed by atoms with E-state index in [1.54, 1.807) is 12.3 Å². The van der Waals surface area contributed by atoms with E-state index >= 15 is 0 Å². The summed E-state index contributed by atoms with van der Waals surface area (Å²) in [6, 6.07) is 1.80. The number of aromatic nitrogens is 1. The van der Waals surface area contributed by atoms with Crippen LogP contribution in [0.25, 0.3) is 0 Å². The molecule has 2 atom stereocenters. The Morgan fingerprint density at radius 3 is 3.11 bits per heavy atom. The largest absolute Gasteiger partial charge is 0.388 e. The van der Waals surface area contributed by atoms with Gasteiger partial charge in [-0.25, -0.2) is 4.98 Å². The summed E-state index contributed by atoms with van der Waals surface area (Å²) < 4.78 is 0.822. The lowest BCUT2D eigenvalue weighted by Gasteiger charge is -2.35. The van der Waals surface area contributed by atoms with Crippen molar-refractivity contribution in [1.29, 1.82) is 0 Å². The summed E-state index contributed by atoms with van der Waals surface area (Å²) in [7, 11) is 0. The summed E-state index contributed by atoms with van der Waals surface area (Å²) in [4.78, 5) is 4.21. The summed E-state index contributed by atoms with van der Waals surface area (Å²) in [5.74, 6) is 1.32. The number of nitrogens with one attached hydrogen (secondary N) is 1. The van der Waals surface area contributed by atoms with Gasteiger partial charge in [0.15, 0.2) is 0 Å². The zero-order valence-corrected chi connectivity index (χ0v) is 12.8. The van der Waals surface area contributed by atoms with Gasteiger partial charge >= 0.3 is 0 Å². The molecule has 18 heavy (non-hydrogen) atoms. The molecule has 1 heterocycles. The standard InChI is InChI=1S/C13H18BrClN2O/c1-9-3-2-4-13(18,6-9)8-17-12-11(14)5-10(15)7-16-12/h5,7,9,18H,2-4,6,8H2,1H3,(H,16,17). The van der Waals surface area contributed by atoms with Gasteiger partial charge in [0.2, 0.25) is 0 Å². The van der Waals surface area contributed by atoms with Crippen LogP contribution in [0.1, 0.15) is 32.6 Å². The maximum atomic E-state index is 10.5. The molecule has 2 rings (SSSR count). The van der Waals surface area contributed by atoms with Crippen molar-refractivity contribution in [1.82, 2.24) is 4.98 Å². The first kappa shape index (κ1) is 14.1.